The Kier molecular flexibility index (Phi) is 3.59. The smallest absolute Gasteiger partial charge is 0.259 e. The SMILES string of the molecule is Cc1ccc(-c2noc(N)c2C(=O)NCC(C)C)o1. The van der Waals surface area contributed by atoms with Crippen LogP contribution in [0, 0.1) is 12.8 Å². The highest BCUT2D eigenvalue weighted by molar-refractivity contribution is 6.03. The first kappa shape index (κ1) is 13.2. The first-order valence-corrected chi connectivity index (χ1v) is 6.09. The molecule has 0 unspecified atom stereocenters. The van der Waals surface area contributed by atoms with Crippen LogP contribution >= 0.6 is 0 Å². The average molecular weight is 263 g/mol. The molecule has 0 radical (unpaired) electrons. The zero-order chi connectivity index (χ0) is 14.0. The summed E-state index contributed by atoms with van der Waals surface area (Å²) in [4.78, 5) is 12.1. The molecule has 1 amide bonds. The van der Waals surface area contributed by atoms with Gasteiger partial charge in [0.1, 0.15) is 11.3 Å². The van der Waals surface area contributed by atoms with Crippen LogP contribution in [0.3, 0.4) is 0 Å². The van der Waals surface area contributed by atoms with Crippen molar-refractivity contribution in [3.05, 3.63) is 23.5 Å². The van der Waals surface area contributed by atoms with Crippen LogP contribution in [0.25, 0.3) is 11.5 Å². The first-order chi connectivity index (χ1) is 8.99. The average Bonchev–Trinajstić information content (AvgIpc) is 2.92. The number of nitrogen functional groups attached to an aromatic ring is 1. The minimum atomic E-state index is -0.309. The number of nitrogens with zero attached hydrogens (tertiary/aromatic N) is 1. The third-order valence-electron chi connectivity index (χ3n) is 2.59. The fraction of sp³-hybridized carbons (Fsp3) is 0.385. The molecule has 0 fully saturated rings. The van der Waals surface area contributed by atoms with E-state index in [1.54, 1.807) is 12.1 Å². The van der Waals surface area contributed by atoms with Gasteiger partial charge in [0.25, 0.3) is 5.91 Å². The summed E-state index contributed by atoms with van der Waals surface area (Å²) in [5.74, 6) is 1.22. The topological polar surface area (TPSA) is 94.3 Å². The molecule has 3 N–H and O–H groups in total. The van der Waals surface area contributed by atoms with Crippen LogP contribution in [0.2, 0.25) is 0 Å². The standard InChI is InChI=1S/C13H17N3O3/c1-7(2)6-15-13(17)10-11(16-19-12(10)14)9-5-4-8(3)18-9/h4-5,7H,6,14H2,1-3H3,(H,15,17). The summed E-state index contributed by atoms with van der Waals surface area (Å²) in [6.45, 7) is 6.38. The van der Waals surface area contributed by atoms with E-state index < -0.39 is 0 Å². The van der Waals surface area contributed by atoms with E-state index in [1.165, 1.54) is 0 Å². The van der Waals surface area contributed by atoms with Crippen LogP contribution in [0.1, 0.15) is 30.0 Å². The van der Waals surface area contributed by atoms with Crippen molar-refractivity contribution in [3.8, 4) is 11.5 Å². The van der Waals surface area contributed by atoms with Gasteiger partial charge in [-0.25, -0.2) is 0 Å². The number of amides is 1. The summed E-state index contributed by atoms with van der Waals surface area (Å²) >= 11 is 0. The molecule has 0 saturated carbocycles. The van der Waals surface area contributed by atoms with Crippen LogP contribution in [0.5, 0.6) is 0 Å². The van der Waals surface area contributed by atoms with Gasteiger partial charge in [0, 0.05) is 6.54 Å². The van der Waals surface area contributed by atoms with Crippen molar-refractivity contribution in [1.82, 2.24) is 10.5 Å². The summed E-state index contributed by atoms with van der Waals surface area (Å²) in [6, 6.07) is 3.52. The number of hydrogen-bond donors (Lipinski definition) is 2. The molecule has 0 saturated heterocycles. The molecular weight excluding hydrogens is 246 g/mol. The molecule has 2 aromatic heterocycles. The molecule has 2 rings (SSSR count). The summed E-state index contributed by atoms with van der Waals surface area (Å²) in [5, 5.41) is 6.57. The normalized spacial score (nSPS) is 10.9. The highest BCUT2D eigenvalue weighted by Crippen LogP contribution is 2.28. The second-order valence-electron chi connectivity index (χ2n) is 4.78. The van der Waals surface area contributed by atoms with Crippen molar-refractivity contribution in [1.29, 1.82) is 0 Å². The van der Waals surface area contributed by atoms with Crippen molar-refractivity contribution in [2.24, 2.45) is 5.92 Å². The highest BCUT2D eigenvalue weighted by Gasteiger charge is 2.24. The molecule has 0 spiro atoms. The maximum absolute atomic E-state index is 12.1. The summed E-state index contributed by atoms with van der Waals surface area (Å²) < 4.78 is 10.3. The van der Waals surface area contributed by atoms with E-state index in [-0.39, 0.29) is 17.4 Å². The molecular formula is C13H17N3O3. The second kappa shape index (κ2) is 5.17. The molecule has 0 atom stereocenters. The van der Waals surface area contributed by atoms with Gasteiger partial charge in [-0.2, -0.15) is 0 Å². The Bertz CT molecular complexity index is 584. The number of anilines is 1. The molecule has 2 aromatic rings. The van der Waals surface area contributed by atoms with Crippen molar-refractivity contribution in [2.75, 3.05) is 12.3 Å². The lowest BCUT2D eigenvalue weighted by Crippen LogP contribution is -2.28. The van der Waals surface area contributed by atoms with Crippen LogP contribution in [-0.4, -0.2) is 17.6 Å². The van der Waals surface area contributed by atoms with Gasteiger partial charge in [-0.1, -0.05) is 19.0 Å². The van der Waals surface area contributed by atoms with Gasteiger partial charge in [0.2, 0.25) is 5.88 Å². The third kappa shape index (κ3) is 2.78. The minimum Gasteiger partial charge on any atom is -0.460 e. The van der Waals surface area contributed by atoms with Crippen LogP contribution < -0.4 is 11.1 Å². The number of nitrogens with one attached hydrogen (secondary N) is 1. The van der Waals surface area contributed by atoms with E-state index >= 15 is 0 Å². The lowest BCUT2D eigenvalue weighted by molar-refractivity contribution is 0.0950. The predicted molar refractivity (Wildman–Crippen MR) is 70.5 cm³/mol. The van der Waals surface area contributed by atoms with Crippen molar-refractivity contribution < 1.29 is 13.7 Å². The quantitative estimate of drug-likeness (QED) is 0.881. The number of carbonyl (C=O) groups excluding carboxylic acids is 1. The van der Waals surface area contributed by atoms with E-state index in [1.807, 2.05) is 20.8 Å². The van der Waals surface area contributed by atoms with Gasteiger partial charge in [-0.15, -0.1) is 0 Å². The van der Waals surface area contributed by atoms with Gasteiger partial charge in [-0.3, -0.25) is 4.79 Å². The van der Waals surface area contributed by atoms with Gasteiger partial charge in [0.05, 0.1) is 0 Å². The maximum Gasteiger partial charge on any atom is 0.259 e. The molecule has 6 nitrogen and oxygen atoms in total. The van der Waals surface area contributed by atoms with Crippen molar-refractivity contribution in [2.45, 2.75) is 20.8 Å². The van der Waals surface area contributed by atoms with Gasteiger partial charge >= 0.3 is 0 Å². The Morgan fingerprint density at radius 3 is 2.79 bits per heavy atom. The Morgan fingerprint density at radius 1 is 1.47 bits per heavy atom. The van der Waals surface area contributed by atoms with E-state index in [2.05, 4.69) is 10.5 Å². The Morgan fingerprint density at radius 2 is 2.21 bits per heavy atom. The van der Waals surface area contributed by atoms with Crippen molar-refractivity contribution in [3.63, 3.8) is 0 Å². The largest absolute Gasteiger partial charge is 0.460 e. The Balaban J connectivity index is 2.30. The minimum absolute atomic E-state index is 0.00897. The fourth-order valence-corrected chi connectivity index (χ4v) is 1.64. The number of rotatable bonds is 4. The summed E-state index contributed by atoms with van der Waals surface area (Å²) in [7, 11) is 0. The van der Waals surface area contributed by atoms with Gasteiger partial charge in [-0.05, 0) is 25.0 Å². The van der Waals surface area contributed by atoms with Gasteiger partial charge in [0.15, 0.2) is 11.5 Å². The van der Waals surface area contributed by atoms with Crippen molar-refractivity contribution >= 4 is 11.8 Å². The van der Waals surface area contributed by atoms with E-state index in [9.17, 15) is 4.79 Å². The molecule has 0 aliphatic carbocycles. The molecule has 102 valence electrons. The molecule has 0 aliphatic rings. The number of nitrogens with two attached hydrogens (primary N) is 1. The number of furan rings is 1. The molecule has 2 heterocycles. The van der Waals surface area contributed by atoms with Crippen LogP contribution in [0.15, 0.2) is 21.1 Å². The van der Waals surface area contributed by atoms with E-state index in [0.717, 1.165) is 5.76 Å². The Hall–Kier alpha value is -2.24. The van der Waals surface area contributed by atoms with Crippen LogP contribution in [-0.2, 0) is 0 Å². The number of carbonyl (C=O) groups is 1. The Labute approximate surface area is 110 Å². The number of aromatic nitrogens is 1. The second-order valence-corrected chi connectivity index (χ2v) is 4.78. The number of aryl methyl sites for hydroxylation is 1. The zero-order valence-electron chi connectivity index (χ0n) is 11.2. The molecule has 0 bridgehead atoms. The molecule has 6 heteroatoms. The summed E-state index contributed by atoms with van der Waals surface area (Å²) in [6.07, 6.45) is 0. The van der Waals surface area contributed by atoms with E-state index in [0.29, 0.717) is 23.9 Å². The maximum atomic E-state index is 12.1. The lowest BCUT2D eigenvalue weighted by atomic mass is 10.1. The number of hydrogen-bond acceptors (Lipinski definition) is 5. The first-order valence-electron chi connectivity index (χ1n) is 6.09. The highest BCUT2D eigenvalue weighted by atomic mass is 16.5. The molecule has 0 aromatic carbocycles. The zero-order valence-corrected chi connectivity index (χ0v) is 11.2. The third-order valence-corrected chi connectivity index (χ3v) is 2.59. The van der Waals surface area contributed by atoms with Crippen LogP contribution in [0.4, 0.5) is 5.88 Å². The lowest BCUT2D eigenvalue weighted by Gasteiger charge is -2.06. The molecule has 19 heavy (non-hydrogen) atoms. The monoisotopic (exact) mass is 263 g/mol. The van der Waals surface area contributed by atoms with E-state index in [4.69, 9.17) is 14.7 Å². The predicted octanol–water partition coefficient (Wildman–Crippen LogP) is 2.21. The summed E-state index contributed by atoms with van der Waals surface area (Å²) in [5.41, 5.74) is 6.20. The molecule has 0 aliphatic heterocycles. The fourth-order valence-electron chi connectivity index (χ4n) is 1.64. The van der Waals surface area contributed by atoms with Gasteiger partial charge < -0.3 is 20.0 Å².